The van der Waals surface area contributed by atoms with E-state index in [4.69, 9.17) is 0 Å². The summed E-state index contributed by atoms with van der Waals surface area (Å²) in [4.78, 5) is 2.63. The van der Waals surface area contributed by atoms with Gasteiger partial charge in [0.2, 0.25) is 0 Å². The number of hydrogen-bond donors (Lipinski definition) is 1. The van der Waals surface area contributed by atoms with Gasteiger partial charge in [0, 0.05) is 6.54 Å². The summed E-state index contributed by atoms with van der Waals surface area (Å²) in [7, 11) is 0. The van der Waals surface area contributed by atoms with E-state index in [1.165, 1.54) is 56.6 Å². The van der Waals surface area contributed by atoms with E-state index in [0.29, 0.717) is 0 Å². The molecule has 0 spiro atoms. The van der Waals surface area contributed by atoms with Gasteiger partial charge in [-0.3, -0.25) is 4.90 Å². The van der Waals surface area contributed by atoms with Crippen molar-refractivity contribution in [3.63, 3.8) is 0 Å². The minimum absolute atomic E-state index is 0.960. The molecule has 2 nitrogen and oxygen atoms in total. The summed E-state index contributed by atoms with van der Waals surface area (Å²) in [6.07, 6.45) is 4.21. The highest BCUT2D eigenvalue weighted by Crippen LogP contribution is 2.29. The topological polar surface area (TPSA) is 15.3 Å². The van der Waals surface area contributed by atoms with Crippen molar-refractivity contribution in [1.29, 1.82) is 0 Å². The highest BCUT2D eigenvalue weighted by Gasteiger charge is 2.28. The van der Waals surface area contributed by atoms with Gasteiger partial charge < -0.3 is 5.32 Å². The second-order valence-corrected chi connectivity index (χ2v) is 6.35. The molecule has 19 heavy (non-hydrogen) atoms. The van der Waals surface area contributed by atoms with E-state index >= 15 is 0 Å². The number of rotatable bonds is 3. The fourth-order valence-corrected chi connectivity index (χ4v) is 3.61. The summed E-state index contributed by atoms with van der Waals surface area (Å²) in [6, 6.07) is 9.02. The van der Waals surface area contributed by atoms with Crippen LogP contribution in [-0.4, -0.2) is 31.1 Å². The predicted molar refractivity (Wildman–Crippen MR) is 80.2 cm³/mol. The van der Waals surface area contributed by atoms with Crippen LogP contribution < -0.4 is 5.32 Å². The van der Waals surface area contributed by atoms with Gasteiger partial charge in [0.25, 0.3) is 0 Å². The Hall–Kier alpha value is -0.860. The molecule has 1 unspecified atom stereocenters. The number of hydrogen-bond acceptors (Lipinski definition) is 2. The first-order chi connectivity index (χ1) is 9.31. The minimum atomic E-state index is 0.960. The number of likely N-dealkylation sites (tertiary alicyclic amines) is 1. The van der Waals surface area contributed by atoms with Crippen molar-refractivity contribution in [2.45, 2.75) is 32.7 Å². The van der Waals surface area contributed by atoms with Gasteiger partial charge in [-0.25, -0.2) is 0 Å². The molecule has 2 heteroatoms. The molecule has 0 amide bonds. The molecule has 2 aliphatic heterocycles. The third kappa shape index (κ3) is 3.37. The Kier molecular flexibility index (Phi) is 4.19. The lowest BCUT2D eigenvalue weighted by atomic mass is 9.84. The van der Waals surface area contributed by atoms with Gasteiger partial charge in [-0.2, -0.15) is 0 Å². The molecule has 0 saturated carbocycles. The van der Waals surface area contributed by atoms with E-state index < -0.39 is 0 Å². The second kappa shape index (κ2) is 6.06. The highest BCUT2D eigenvalue weighted by molar-refractivity contribution is 5.21. The minimum Gasteiger partial charge on any atom is -0.316 e. The zero-order valence-electron chi connectivity index (χ0n) is 12.1. The van der Waals surface area contributed by atoms with E-state index in [-0.39, 0.29) is 0 Å². The number of nitrogens with zero attached hydrogens (tertiary/aromatic N) is 1. The summed E-state index contributed by atoms with van der Waals surface area (Å²) < 4.78 is 0. The van der Waals surface area contributed by atoms with Gasteiger partial charge in [-0.05, 0) is 69.8 Å². The van der Waals surface area contributed by atoms with Gasteiger partial charge >= 0.3 is 0 Å². The molecule has 0 bridgehead atoms. The molecule has 1 atom stereocenters. The lowest BCUT2D eigenvalue weighted by molar-refractivity contribution is 0.146. The van der Waals surface area contributed by atoms with Crippen molar-refractivity contribution >= 4 is 0 Å². The summed E-state index contributed by atoms with van der Waals surface area (Å²) in [5.74, 6) is 1.94. The van der Waals surface area contributed by atoms with Gasteiger partial charge in [0.1, 0.15) is 0 Å². The SMILES string of the molecule is Cc1ccc(CN2CCC(C3CCNC3)CC2)cc1. The first-order valence-corrected chi connectivity index (χ1v) is 7.80. The van der Waals surface area contributed by atoms with Crippen molar-refractivity contribution < 1.29 is 0 Å². The maximum atomic E-state index is 3.51. The van der Waals surface area contributed by atoms with Crippen LogP contribution in [0.2, 0.25) is 0 Å². The second-order valence-electron chi connectivity index (χ2n) is 6.35. The lowest BCUT2D eigenvalue weighted by Crippen LogP contribution is -2.36. The Labute approximate surface area is 117 Å². The third-order valence-electron chi connectivity index (χ3n) is 4.92. The average Bonchev–Trinajstić information content (AvgIpc) is 2.96. The molecular weight excluding hydrogens is 232 g/mol. The van der Waals surface area contributed by atoms with Crippen LogP contribution in [0.15, 0.2) is 24.3 Å². The molecule has 1 N–H and O–H groups in total. The molecule has 2 aliphatic rings. The summed E-state index contributed by atoms with van der Waals surface area (Å²) in [5, 5.41) is 3.51. The monoisotopic (exact) mass is 258 g/mol. The number of nitrogens with one attached hydrogen (secondary N) is 1. The van der Waals surface area contributed by atoms with Crippen molar-refractivity contribution in [2.24, 2.45) is 11.8 Å². The Morgan fingerprint density at radius 3 is 2.42 bits per heavy atom. The fraction of sp³-hybridized carbons (Fsp3) is 0.647. The van der Waals surface area contributed by atoms with Crippen LogP contribution in [0.3, 0.4) is 0 Å². The van der Waals surface area contributed by atoms with Gasteiger partial charge in [0.15, 0.2) is 0 Å². The van der Waals surface area contributed by atoms with Crippen molar-refractivity contribution in [3.8, 4) is 0 Å². The first-order valence-electron chi connectivity index (χ1n) is 7.80. The molecule has 104 valence electrons. The molecule has 0 aliphatic carbocycles. The summed E-state index contributed by atoms with van der Waals surface area (Å²) in [6.45, 7) is 8.38. The fourth-order valence-electron chi connectivity index (χ4n) is 3.61. The van der Waals surface area contributed by atoms with Gasteiger partial charge in [-0.1, -0.05) is 29.8 Å². The van der Waals surface area contributed by atoms with E-state index in [1.54, 1.807) is 0 Å². The predicted octanol–water partition coefficient (Wildman–Crippen LogP) is 2.82. The van der Waals surface area contributed by atoms with E-state index in [2.05, 4.69) is 41.4 Å². The number of benzene rings is 1. The molecular formula is C17H26N2. The smallest absolute Gasteiger partial charge is 0.0233 e. The molecule has 2 saturated heterocycles. The molecule has 1 aromatic carbocycles. The Balaban J connectivity index is 1.48. The zero-order chi connectivity index (χ0) is 13.1. The highest BCUT2D eigenvalue weighted by atomic mass is 15.1. The van der Waals surface area contributed by atoms with Crippen LogP contribution in [-0.2, 0) is 6.54 Å². The quantitative estimate of drug-likeness (QED) is 0.897. The molecule has 0 radical (unpaired) electrons. The molecule has 0 aromatic heterocycles. The largest absolute Gasteiger partial charge is 0.316 e. The normalized spacial score (nSPS) is 25.8. The van der Waals surface area contributed by atoms with Crippen LogP contribution in [0.25, 0.3) is 0 Å². The van der Waals surface area contributed by atoms with Crippen molar-refractivity contribution in [2.75, 3.05) is 26.2 Å². The van der Waals surface area contributed by atoms with Crippen LogP contribution >= 0.6 is 0 Å². The number of aryl methyl sites for hydroxylation is 1. The van der Waals surface area contributed by atoms with Crippen molar-refractivity contribution in [1.82, 2.24) is 10.2 Å². The summed E-state index contributed by atoms with van der Waals surface area (Å²) >= 11 is 0. The Morgan fingerprint density at radius 2 is 1.79 bits per heavy atom. The van der Waals surface area contributed by atoms with Crippen molar-refractivity contribution in [3.05, 3.63) is 35.4 Å². The first kappa shape index (κ1) is 13.1. The third-order valence-corrected chi connectivity index (χ3v) is 4.92. The lowest BCUT2D eigenvalue weighted by Gasteiger charge is -2.34. The van der Waals surface area contributed by atoms with Gasteiger partial charge in [0.05, 0.1) is 0 Å². The standard InChI is InChI=1S/C17H26N2/c1-14-2-4-15(5-3-14)13-19-10-7-16(8-11-19)17-6-9-18-12-17/h2-5,16-18H,6-13H2,1H3. The zero-order valence-corrected chi connectivity index (χ0v) is 12.1. The van der Waals surface area contributed by atoms with E-state index in [1.807, 2.05) is 0 Å². The average molecular weight is 258 g/mol. The molecule has 3 rings (SSSR count). The van der Waals surface area contributed by atoms with Crippen LogP contribution in [0, 0.1) is 18.8 Å². The molecule has 2 fully saturated rings. The summed E-state index contributed by atoms with van der Waals surface area (Å²) in [5.41, 5.74) is 2.82. The molecule has 1 aromatic rings. The Bertz CT molecular complexity index is 384. The van der Waals surface area contributed by atoms with Crippen LogP contribution in [0.4, 0.5) is 0 Å². The maximum absolute atomic E-state index is 3.51. The van der Waals surface area contributed by atoms with Crippen LogP contribution in [0.5, 0.6) is 0 Å². The molecule has 2 heterocycles. The van der Waals surface area contributed by atoms with Gasteiger partial charge in [-0.15, -0.1) is 0 Å². The maximum Gasteiger partial charge on any atom is 0.0233 e. The Morgan fingerprint density at radius 1 is 1.05 bits per heavy atom. The van der Waals surface area contributed by atoms with E-state index in [0.717, 1.165) is 18.4 Å². The van der Waals surface area contributed by atoms with Crippen LogP contribution in [0.1, 0.15) is 30.4 Å². The number of piperidine rings is 1. The van der Waals surface area contributed by atoms with E-state index in [9.17, 15) is 0 Å².